The minimum Gasteiger partial charge on any atom is -0.481 e. The van der Waals surface area contributed by atoms with Gasteiger partial charge in [0.05, 0.1) is 0 Å². The maximum Gasteiger partial charge on any atom is 0.300 e. The van der Waals surface area contributed by atoms with Gasteiger partial charge < -0.3 is 10.2 Å². The molecule has 0 fully saturated rings. The van der Waals surface area contributed by atoms with Gasteiger partial charge in [-0.1, -0.05) is 22.6 Å². The molecular weight excluding hydrogens is 235 g/mol. The van der Waals surface area contributed by atoms with Crippen LogP contribution in [-0.4, -0.2) is 27.2 Å². The van der Waals surface area contributed by atoms with Gasteiger partial charge in [0.25, 0.3) is 5.97 Å². The zero-order valence-electron chi connectivity index (χ0n) is 5.30. The predicted molar refractivity (Wildman–Crippen MR) is 43.9 cm³/mol. The smallest absolute Gasteiger partial charge is 0.300 e. The van der Waals surface area contributed by atoms with Gasteiger partial charge in [0.2, 0.25) is 0 Å². The molecule has 0 aromatic carbocycles. The molecule has 0 rings (SSSR count). The summed E-state index contributed by atoms with van der Waals surface area (Å²) in [4.78, 5) is 9.00. The highest BCUT2D eigenvalue weighted by Gasteiger charge is 1.70. The largest absolute Gasteiger partial charge is 0.481 e. The average molecular weight is 246 g/mol. The zero-order chi connectivity index (χ0) is 7.70. The van der Waals surface area contributed by atoms with Crippen molar-refractivity contribution < 1.29 is 15.0 Å². The third kappa shape index (κ3) is 66.4. The molecule has 0 spiro atoms. The van der Waals surface area contributed by atoms with Gasteiger partial charge in [-0.15, -0.1) is 0 Å². The number of aliphatic hydroxyl groups is 1. The zero-order valence-corrected chi connectivity index (χ0v) is 7.46. The maximum absolute atomic E-state index is 9.00. The van der Waals surface area contributed by atoms with Crippen LogP contribution in [-0.2, 0) is 4.79 Å². The van der Waals surface area contributed by atoms with Crippen LogP contribution in [0.4, 0.5) is 0 Å². The topological polar surface area (TPSA) is 57.5 Å². The third-order valence-electron chi connectivity index (χ3n) is 0.292. The lowest BCUT2D eigenvalue weighted by molar-refractivity contribution is -0.134. The van der Waals surface area contributed by atoms with Crippen molar-refractivity contribution in [3.8, 4) is 0 Å². The first kappa shape index (κ1) is 11.9. The Bertz CT molecular complexity index is 59.2. The molecule has 0 amide bonds. The minimum absolute atomic E-state index is 0.336. The van der Waals surface area contributed by atoms with E-state index < -0.39 is 5.97 Å². The highest BCUT2D eigenvalue weighted by atomic mass is 127. The van der Waals surface area contributed by atoms with Crippen LogP contribution >= 0.6 is 22.6 Å². The summed E-state index contributed by atoms with van der Waals surface area (Å²) >= 11 is 2.23. The lowest BCUT2D eigenvalue weighted by Crippen LogP contribution is -1.78. The summed E-state index contributed by atoms with van der Waals surface area (Å²) in [5.41, 5.74) is 0. The monoisotopic (exact) mass is 246 g/mol. The number of carboxylic acids is 1. The summed E-state index contributed by atoms with van der Waals surface area (Å²) in [5.74, 6) is -0.833. The second-order valence-electron chi connectivity index (χ2n) is 1.29. The van der Waals surface area contributed by atoms with Crippen LogP contribution in [0, 0.1) is 0 Å². The molecule has 9 heavy (non-hydrogen) atoms. The first-order valence-corrected chi connectivity index (χ1v) is 4.04. The number of aliphatic hydroxyl groups excluding tert-OH is 1. The summed E-state index contributed by atoms with van der Waals surface area (Å²) in [6, 6.07) is 0. The number of hydrogen-bond acceptors (Lipinski definition) is 2. The van der Waals surface area contributed by atoms with Crippen molar-refractivity contribution >= 4 is 28.6 Å². The number of carboxylic acid groups (broad SMARTS) is 1. The van der Waals surface area contributed by atoms with Crippen LogP contribution in [0.3, 0.4) is 0 Å². The Labute approximate surface area is 68.2 Å². The Morgan fingerprint density at radius 1 is 1.67 bits per heavy atom. The number of carbonyl (C=O) groups is 1. The summed E-state index contributed by atoms with van der Waals surface area (Å²) < 4.78 is 1.06. The highest BCUT2D eigenvalue weighted by molar-refractivity contribution is 14.1. The average Bonchev–Trinajstić information content (AvgIpc) is 1.66. The molecular formula is C5H11IO3. The molecule has 0 bridgehead atoms. The van der Waals surface area contributed by atoms with Gasteiger partial charge in [-0.25, -0.2) is 0 Å². The molecule has 0 atom stereocenters. The van der Waals surface area contributed by atoms with Crippen molar-refractivity contribution in [3.63, 3.8) is 0 Å². The fourth-order valence-corrected chi connectivity index (χ4v) is 0.401. The lowest BCUT2D eigenvalue weighted by Gasteiger charge is -1.78. The Hall–Kier alpha value is 0.160. The van der Waals surface area contributed by atoms with E-state index in [0.29, 0.717) is 6.61 Å². The fourth-order valence-electron chi connectivity index (χ4n) is 0.0598. The van der Waals surface area contributed by atoms with Gasteiger partial charge in [-0.05, 0) is 6.42 Å². The number of aliphatic carboxylic acids is 1. The predicted octanol–water partition coefficient (Wildman–Crippen LogP) is 0.895. The first-order valence-electron chi connectivity index (χ1n) is 2.51. The van der Waals surface area contributed by atoms with Crippen molar-refractivity contribution in [2.45, 2.75) is 13.3 Å². The minimum atomic E-state index is -0.833. The second-order valence-corrected chi connectivity index (χ2v) is 2.36. The van der Waals surface area contributed by atoms with Crippen LogP contribution in [0.2, 0.25) is 0 Å². The van der Waals surface area contributed by atoms with Crippen molar-refractivity contribution in [1.82, 2.24) is 0 Å². The molecule has 0 aromatic rings. The molecule has 0 aliphatic rings. The van der Waals surface area contributed by atoms with Gasteiger partial charge in [0.1, 0.15) is 0 Å². The van der Waals surface area contributed by atoms with E-state index in [9.17, 15) is 0 Å². The number of halogens is 1. The maximum atomic E-state index is 9.00. The molecule has 0 radical (unpaired) electrons. The fraction of sp³-hybridized carbons (Fsp3) is 0.800. The molecule has 0 aliphatic heterocycles. The molecule has 0 aromatic heterocycles. The molecule has 4 heteroatoms. The highest BCUT2D eigenvalue weighted by Crippen LogP contribution is 1.83. The Morgan fingerprint density at radius 3 is 2.00 bits per heavy atom. The Morgan fingerprint density at radius 2 is 2.00 bits per heavy atom. The molecule has 0 saturated carbocycles. The summed E-state index contributed by atoms with van der Waals surface area (Å²) in [5, 5.41) is 15.5. The third-order valence-corrected chi connectivity index (χ3v) is 1.05. The van der Waals surface area contributed by atoms with E-state index in [2.05, 4.69) is 22.6 Å². The summed E-state index contributed by atoms with van der Waals surface area (Å²) in [6.07, 6.45) is 0.931. The van der Waals surface area contributed by atoms with Crippen molar-refractivity contribution in [2.24, 2.45) is 0 Å². The Kier molecular flexibility index (Phi) is 14.6. The normalized spacial score (nSPS) is 7.44. The molecule has 0 saturated heterocycles. The number of alkyl halides is 1. The van der Waals surface area contributed by atoms with E-state index in [1.165, 1.54) is 0 Å². The van der Waals surface area contributed by atoms with E-state index in [1.807, 2.05) is 0 Å². The van der Waals surface area contributed by atoms with Crippen LogP contribution in [0.1, 0.15) is 13.3 Å². The van der Waals surface area contributed by atoms with E-state index in [0.717, 1.165) is 17.8 Å². The Balaban J connectivity index is 0. The van der Waals surface area contributed by atoms with E-state index in [4.69, 9.17) is 15.0 Å². The molecule has 0 aliphatic carbocycles. The molecule has 2 N–H and O–H groups in total. The molecule has 3 nitrogen and oxygen atoms in total. The molecule has 0 unspecified atom stereocenters. The number of rotatable bonds is 2. The standard InChI is InChI=1S/C3H7IO.C2H4O2/c4-2-1-3-5;1-2(3)4/h5H,1-3H2;1H3,(H,3,4). The van der Waals surface area contributed by atoms with Crippen LogP contribution in [0.25, 0.3) is 0 Å². The van der Waals surface area contributed by atoms with Gasteiger partial charge >= 0.3 is 0 Å². The van der Waals surface area contributed by atoms with Gasteiger partial charge in [0, 0.05) is 18.0 Å². The van der Waals surface area contributed by atoms with Gasteiger partial charge in [-0.3, -0.25) is 4.79 Å². The second kappa shape index (κ2) is 11.0. The lowest BCUT2D eigenvalue weighted by atomic mass is 10.5. The van der Waals surface area contributed by atoms with Crippen molar-refractivity contribution in [3.05, 3.63) is 0 Å². The summed E-state index contributed by atoms with van der Waals surface area (Å²) in [6.45, 7) is 1.42. The van der Waals surface area contributed by atoms with Crippen molar-refractivity contribution in [2.75, 3.05) is 11.0 Å². The van der Waals surface area contributed by atoms with E-state index in [1.54, 1.807) is 0 Å². The van der Waals surface area contributed by atoms with Crippen LogP contribution in [0.15, 0.2) is 0 Å². The van der Waals surface area contributed by atoms with Gasteiger partial charge in [0.15, 0.2) is 0 Å². The molecule has 56 valence electrons. The quantitative estimate of drug-likeness (QED) is 0.562. The van der Waals surface area contributed by atoms with Gasteiger partial charge in [-0.2, -0.15) is 0 Å². The van der Waals surface area contributed by atoms with Crippen LogP contribution in [0.5, 0.6) is 0 Å². The van der Waals surface area contributed by atoms with Crippen molar-refractivity contribution in [1.29, 1.82) is 0 Å². The number of hydrogen-bond donors (Lipinski definition) is 2. The van der Waals surface area contributed by atoms with E-state index >= 15 is 0 Å². The molecule has 0 heterocycles. The SMILES string of the molecule is CC(=O)O.OCCCI. The first-order chi connectivity index (χ1) is 4.15. The van der Waals surface area contributed by atoms with Crippen LogP contribution < -0.4 is 0 Å². The van der Waals surface area contributed by atoms with E-state index in [-0.39, 0.29) is 0 Å². The summed E-state index contributed by atoms with van der Waals surface area (Å²) in [7, 11) is 0.